The lowest BCUT2D eigenvalue weighted by molar-refractivity contribution is 0.336. The highest BCUT2D eigenvalue weighted by Crippen LogP contribution is 2.32. The first-order chi connectivity index (χ1) is 8.74. The minimum Gasteiger partial charge on any atom is -0.264 e. The van der Waals surface area contributed by atoms with Gasteiger partial charge in [0.05, 0.1) is 23.5 Å². The lowest BCUT2D eigenvalue weighted by atomic mass is 9.93. The molecule has 0 amide bonds. The van der Waals surface area contributed by atoms with E-state index >= 15 is 0 Å². The molecule has 6 heteroatoms. The summed E-state index contributed by atoms with van der Waals surface area (Å²) in [7, 11) is -3.18. The largest absolute Gasteiger partial charge is 0.264 e. The van der Waals surface area contributed by atoms with Crippen molar-refractivity contribution in [3.63, 3.8) is 0 Å². The first-order valence-electron chi connectivity index (χ1n) is 6.82. The summed E-state index contributed by atoms with van der Waals surface area (Å²) in [6, 6.07) is -0.121. The summed E-state index contributed by atoms with van der Waals surface area (Å²) < 4.78 is 28.3. The van der Waals surface area contributed by atoms with Crippen molar-refractivity contribution in [1.82, 2.24) is 14.5 Å². The third-order valence-corrected chi connectivity index (χ3v) is 4.92. The molecule has 108 valence electrons. The Morgan fingerprint density at radius 1 is 1.47 bits per heavy atom. The zero-order valence-corrected chi connectivity index (χ0v) is 12.9. The summed E-state index contributed by atoms with van der Waals surface area (Å²) in [4.78, 5) is 0. The van der Waals surface area contributed by atoms with Crippen molar-refractivity contribution in [2.75, 3.05) is 5.75 Å². The average Bonchev–Trinajstić information content (AvgIpc) is 2.73. The van der Waals surface area contributed by atoms with E-state index in [1.165, 1.54) is 5.69 Å². The van der Waals surface area contributed by atoms with E-state index in [-0.39, 0.29) is 17.3 Å². The molecule has 2 rings (SSSR count). The van der Waals surface area contributed by atoms with Gasteiger partial charge in [0.2, 0.25) is 10.0 Å². The quantitative estimate of drug-likeness (QED) is 0.923. The highest BCUT2D eigenvalue weighted by Gasteiger charge is 2.29. The topological polar surface area (TPSA) is 64.0 Å². The van der Waals surface area contributed by atoms with Crippen molar-refractivity contribution in [2.24, 2.45) is 0 Å². The fourth-order valence-electron chi connectivity index (χ4n) is 2.56. The predicted molar refractivity (Wildman–Crippen MR) is 75.5 cm³/mol. The molecule has 0 aromatic carbocycles. The molecule has 1 aliphatic carbocycles. The molecule has 5 nitrogen and oxygen atoms in total. The van der Waals surface area contributed by atoms with E-state index in [9.17, 15) is 8.42 Å². The predicted octanol–water partition coefficient (Wildman–Crippen LogP) is 1.95. The van der Waals surface area contributed by atoms with Gasteiger partial charge in [0.15, 0.2) is 0 Å². The highest BCUT2D eigenvalue weighted by molar-refractivity contribution is 7.89. The van der Waals surface area contributed by atoms with Crippen molar-refractivity contribution in [3.8, 4) is 0 Å². The Kier molecular flexibility index (Phi) is 3.75. The number of sulfonamides is 1. The number of fused-ring (bicyclic) bond motifs is 1. The van der Waals surface area contributed by atoms with Gasteiger partial charge >= 0.3 is 0 Å². The summed E-state index contributed by atoms with van der Waals surface area (Å²) in [5.41, 5.74) is 2.14. The maximum atomic E-state index is 11.7. The molecule has 0 aliphatic heterocycles. The zero-order chi connectivity index (χ0) is 14.3. The summed E-state index contributed by atoms with van der Waals surface area (Å²) in [6.45, 7) is 7.99. The fourth-order valence-corrected chi connectivity index (χ4v) is 3.40. The van der Waals surface area contributed by atoms with Gasteiger partial charge in [0.25, 0.3) is 0 Å². The maximum absolute atomic E-state index is 11.7. The number of hydrogen-bond acceptors (Lipinski definition) is 3. The monoisotopic (exact) mass is 285 g/mol. The third-order valence-electron chi connectivity index (χ3n) is 3.52. The van der Waals surface area contributed by atoms with E-state index in [1.54, 1.807) is 6.92 Å². The third kappa shape index (κ3) is 3.00. The van der Waals surface area contributed by atoms with E-state index < -0.39 is 10.0 Å². The molecule has 1 aromatic heterocycles. The van der Waals surface area contributed by atoms with Crippen LogP contribution in [0.1, 0.15) is 57.8 Å². The van der Waals surface area contributed by atoms with Crippen LogP contribution in [0, 0.1) is 0 Å². The van der Waals surface area contributed by atoms with Crippen LogP contribution < -0.4 is 4.72 Å². The summed E-state index contributed by atoms with van der Waals surface area (Å²) in [5.74, 6) is 0.117. The van der Waals surface area contributed by atoms with Crippen LogP contribution in [0.4, 0.5) is 0 Å². The van der Waals surface area contributed by atoms with Crippen molar-refractivity contribution >= 4 is 10.0 Å². The molecule has 1 heterocycles. The highest BCUT2D eigenvalue weighted by atomic mass is 32.2. The van der Waals surface area contributed by atoms with Crippen LogP contribution in [0.25, 0.3) is 0 Å². The maximum Gasteiger partial charge on any atom is 0.211 e. The fraction of sp³-hybridized carbons (Fsp3) is 0.769. The molecule has 0 unspecified atom stereocenters. The van der Waals surface area contributed by atoms with Gasteiger partial charge in [-0.05, 0) is 47.0 Å². The summed E-state index contributed by atoms with van der Waals surface area (Å²) in [5, 5.41) is 4.46. The van der Waals surface area contributed by atoms with Gasteiger partial charge in [-0.2, -0.15) is 5.10 Å². The summed E-state index contributed by atoms with van der Waals surface area (Å²) in [6.07, 6.45) is 4.63. The van der Waals surface area contributed by atoms with Gasteiger partial charge in [0, 0.05) is 11.3 Å². The molecular weight excluding hydrogens is 262 g/mol. The molecule has 0 radical (unpaired) electrons. The lowest BCUT2D eigenvalue weighted by Gasteiger charge is -2.28. The van der Waals surface area contributed by atoms with E-state index in [4.69, 9.17) is 0 Å². The molecule has 0 saturated heterocycles. The van der Waals surface area contributed by atoms with Gasteiger partial charge in [-0.15, -0.1) is 0 Å². The van der Waals surface area contributed by atoms with Crippen molar-refractivity contribution in [2.45, 2.75) is 58.5 Å². The molecule has 19 heavy (non-hydrogen) atoms. The standard InChI is InChI=1S/C13H23N3O2S/c1-5-19(17,18)15-11-7-6-8-12-10(11)9-14-16(12)13(2,3)4/h9,11,15H,5-8H2,1-4H3/t11-/m0/s1. The number of aromatic nitrogens is 2. The van der Waals surface area contributed by atoms with Crippen molar-refractivity contribution < 1.29 is 8.42 Å². The van der Waals surface area contributed by atoms with E-state index in [0.717, 1.165) is 24.8 Å². The zero-order valence-electron chi connectivity index (χ0n) is 12.1. The van der Waals surface area contributed by atoms with E-state index in [2.05, 4.69) is 30.6 Å². The lowest BCUT2D eigenvalue weighted by Crippen LogP contribution is -2.33. The number of hydrogen-bond donors (Lipinski definition) is 1. The van der Waals surface area contributed by atoms with Crippen molar-refractivity contribution in [1.29, 1.82) is 0 Å². The number of nitrogens with one attached hydrogen (secondary N) is 1. The molecule has 0 spiro atoms. The molecule has 1 N–H and O–H groups in total. The Bertz CT molecular complexity index is 555. The van der Waals surface area contributed by atoms with Crippen LogP contribution >= 0.6 is 0 Å². The van der Waals surface area contributed by atoms with Crippen LogP contribution in [0.3, 0.4) is 0 Å². The Morgan fingerprint density at radius 3 is 2.74 bits per heavy atom. The first-order valence-corrected chi connectivity index (χ1v) is 8.47. The molecule has 0 bridgehead atoms. The SMILES string of the molecule is CCS(=O)(=O)N[C@H]1CCCc2c1cnn2C(C)(C)C. The summed E-state index contributed by atoms with van der Waals surface area (Å²) >= 11 is 0. The second-order valence-electron chi connectivity index (χ2n) is 6.10. The second-order valence-corrected chi connectivity index (χ2v) is 8.14. The average molecular weight is 285 g/mol. The van der Waals surface area contributed by atoms with Gasteiger partial charge in [-0.1, -0.05) is 0 Å². The first kappa shape index (κ1) is 14.5. The van der Waals surface area contributed by atoms with Crippen LogP contribution in [0.2, 0.25) is 0 Å². The van der Waals surface area contributed by atoms with Gasteiger partial charge in [-0.3, -0.25) is 4.68 Å². The number of rotatable bonds is 3. The van der Waals surface area contributed by atoms with E-state index in [0.29, 0.717) is 0 Å². The molecule has 0 fully saturated rings. The smallest absolute Gasteiger partial charge is 0.211 e. The molecule has 1 aromatic rings. The normalized spacial score (nSPS) is 20.3. The minimum absolute atomic E-state index is 0.0703. The Balaban J connectivity index is 2.34. The van der Waals surface area contributed by atoms with Crippen LogP contribution in [0.5, 0.6) is 0 Å². The van der Waals surface area contributed by atoms with Gasteiger partial charge < -0.3 is 0 Å². The van der Waals surface area contributed by atoms with E-state index in [1.807, 2.05) is 10.9 Å². The van der Waals surface area contributed by atoms with Gasteiger partial charge in [-0.25, -0.2) is 13.1 Å². The van der Waals surface area contributed by atoms with Crippen LogP contribution in [0.15, 0.2) is 6.20 Å². The molecule has 1 atom stereocenters. The molecule has 1 aliphatic rings. The second kappa shape index (κ2) is 4.90. The molecular formula is C13H23N3O2S. The minimum atomic E-state index is -3.18. The van der Waals surface area contributed by atoms with Crippen LogP contribution in [-0.4, -0.2) is 24.0 Å². The Labute approximate surface area is 115 Å². The Hall–Kier alpha value is -0.880. The van der Waals surface area contributed by atoms with Gasteiger partial charge in [0.1, 0.15) is 0 Å². The molecule has 0 saturated carbocycles. The van der Waals surface area contributed by atoms with Crippen LogP contribution in [-0.2, 0) is 22.0 Å². The Morgan fingerprint density at radius 2 is 2.16 bits per heavy atom. The number of nitrogens with zero attached hydrogens (tertiary/aromatic N) is 2. The van der Waals surface area contributed by atoms with Crippen molar-refractivity contribution in [3.05, 3.63) is 17.5 Å².